The fourth-order valence-electron chi connectivity index (χ4n) is 2.97. The number of nitrogens with one attached hydrogen (secondary N) is 1. The smallest absolute Gasteiger partial charge is 0.148 e. The van der Waals surface area contributed by atoms with E-state index in [9.17, 15) is 0 Å². The summed E-state index contributed by atoms with van der Waals surface area (Å²) in [7, 11) is 0. The van der Waals surface area contributed by atoms with Crippen molar-refractivity contribution in [3.05, 3.63) is 16.5 Å². The van der Waals surface area contributed by atoms with Gasteiger partial charge in [0, 0.05) is 23.2 Å². The first kappa shape index (κ1) is 16.2. The summed E-state index contributed by atoms with van der Waals surface area (Å²) in [5.74, 6) is 1.02. The molecule has 0 bridgehead atoms. The van der Waals surface area contributed by atoms with E-state index in [4.69, 9.17) is 11.5 Å². The zero-order valence-corrected chi connectivity index (χ0v) is 14.5. The predicted molar refractivity (Wildman–Crippen MR) is 101 cm³/mol. The molecule has 3 rings (SSSR count). The molecule has 0 radical (unpaired) electrons. The second-order valence-corrected chi connectivity index (χ2v) is 7.18. The summed E-state index contributed by atoms with van der Waals surface area (Å²) in [6.45, 7) is 5.16. The monoisotopic (exact) mass is 331 g/mol. The number of rotatable bonds is 5. The van der Waals surface area contributed by atoms with Gasteiger partial charge >= 0.3 is 0 Å². The molecule has 1 aliphatic heterocycles. The van der Waals surface area contributed by atoms with Crippen LogP contribution in [0.4, 0.5) is 11.5 Å². The highest BCUT2D eigenvalue weighted by Gasteiger charge is 2.20. The van der Waals surface area contributed by atoms with E-state index in [1.54, 1.807) is 11.3 Å². The van der Waals surface area contributed by atoms with Crippen LogP contribution in [0.2, 0.25) is 0 Å². The molecule has 0 spiro atoms. The molecule has 6 heteroatoms. The van der Waals surface area contributed by atoms with E-state index in [0.29, 0.717) is 17.4 Å². The summed E-state index contributed by atoms with van der Waals surface area (Å²) in [6, 6.07) is 2.19. The van der Waals surface area contributed by atoms with Crippen LogP contribution in [-0.4, -0.2) is 30.8 Å². The Morgan fingerprint density at radius 2 is 2.17 bits per heavy atom. The van der Waals surface area contributed by atoms with Crippen molar-refractivity contribution in [1.29, 1.82) is 0 Å². The molecular formula is C17H25N5S. The third kappa shape index (κ3) is 3.48. The van der Waals surface area contributed by atoms with Crippen molar-refractivity contribution in [3.8, 4) is 0 Å². The van der Waals surface area contributed by atoms with Crippen LogP contribution in [-0.2, 0) is 0 Å². The normalized spacial score (nSPS) is 16.6. The average Bonchev–Trinajstić information content (AvgIpc) is 2.99. The summed E-state index contributed by atoms with van der Waals surface area (Å²) in [6.07, 6.45) is 6.47. The Morgan fingerprint density at radius 3 is 2.91 bits per heavy atom. The van der Waals surface area contributed by atoms with E-state index < -0.39 is 0 Å². The lowest BCUT2D eigenvalue weighted by molar-refractivity contribution is 0.465. The fourth-order valence-corrected chi connectivity index (χ4v) is 4.26. The molecule has 1 aliphatic rings. The van der Waals surface area contributed by atoms with Crippen LogP contribution < -0.4 is 16.8 Å². The minimum atomic E-state index is 0.407. The Kier molecular flexibility index (Phi) is 5.13. The summed E-state index contributed by atoms with van der Waals surface area (Å²) in [4.78, 5) is 10.4. The molecule has 0 unspecified atom stereocenters. The molecule has 1 fully saturated rings. The predicted octanol–water partition coefficient (Wildman–Crippen LogP) is 3.15. The number of pyridine rings is 1. The van der Waals surface area contributed by atoms with Crippen molar-refractivity contribution < 1.29 is 0 Å². The van der Waals surface area contributed by atoms with Crippen molar-refractivity contribution in [1.82, 2.24) is 10.3 Å². The Morgan fingerprint density at radius 1 is 1.39 bits per heavy atom. The number of aromatic nitrogens is 1. The molecule has 5 nitrogen and oxygen atoms in total. The van der Waals surface area contributed by atoms with Gasteiger partial charge in [0.25, 0.3) is 0 Å². The number of aliphatic imine (C=N–C) groups is 1. The lowest BCUT2D eigenvalue weighted by Gasteiger charge is -2.21. The minimum absolute atomic E-state index is 0.407. The molecule has 0 amide bonds. The highest BCUT2D eigenvalue weighted by atomic mass is 32.1. The van der Waals surface area contributed by atoms with Gasteiger partial charge in [-0.1, -0.05) is 13.3 Å². The van der Waals surface area contributed by atoms with Crippen LogP contribution in [0.25, 0.3) is 10.2 Å². The first-order valence-electron chi connectivity index (χ1n) is 8.39. The molecule has 0 saturated carbocycles. The van der Waals surface area contributed by atoms with Crippen LogP contribution in [0, 0.1) is 0 Å². The second-order valence-electron chi connectivity index (χ2n) is 6.10. The van der Waals surface area contributed by atoms with Gasteiger partial charge in [0.15, 0.2) is 0 Å². The number of hydrogen-bond donors (Lipinski definition) is 3. The number of hydrogen-bond acceptors (Lipinski definition) is 6. The lowest BCUT2D eigenvalue weighted by atomic mass is 9.96. The Balaban J connectivity index is 1.97. The molecule has 0 aliphatic carbocycles. The van der Waals surface area contributed by atoms with Crippen LogP contribution in [0.3, 0.4) is 0 Å². The van der Waals surface area contributed by atoms with Gasteiger partial charge in [-0.15, -0.1) is 11.3 Å². The molecule has 2 aromatic heterocycles. The number of fused-ring (bicyclic) bond motifs is 1. The van der Waals surface area contributed by atoms with Gasteiger partial charge in [0.2, 0.25) is 0 Å². The summed E-state index contributed by atoms with van der Waals surface area (Å²) in [5, 5.41) is 3.42. The van der Waals surface area contributed by atoms with E-state index >= 15 is 0 Å². The van der Waals surface area contributed by atoms with Crippen LogP contribution in [0.1, 0.15) is 49.0 Å². The van der Waals surface area contributed by atoms with Gasteiger partial charge in [0.05, 0.1) is 15.9 Å². The maximum Gasteiger partial charge on any atom is 0.148 e. The Labute approximate surface area is 141 Å². The van der Waals surface area contributed by atoms with Crippen LogP contribution in [0.5, 0.6) is 0 Å². The molecule has 0 aromatic carbocycles. The van der Waals surface area contributed by atoms with Gasteiger partial charge in [0.1, 0.15) is 5.82 Å². The largest absolute Gasteiger partial charge is 0.395 e. The fraction of sp³-hybridized carbons (Fsp3) is 0.529. The average molecular weight is 331 g/mol. The SMILES string of the molecule is CCCCN=Cc1c(N)c(N)nc2cc(C3CCNCC3)sc12. The summed E-state index contributed by atoms with van der Waals surface area (Å²) < 4.78 is 1.12. The van der Waals surface area contributed by atoms with Gasteiger partial charge < -0.3 is 16.8 Å². The maximum atomic E-state index is 6.17. The number of nitrogens with zero attached hydrogens (tertiary/aromatic N) is 2. The molecule has 23 heavy (non-hydrogen) atoms. The number of piperidine rings is 1. The van der Waals surface area contributed by atoms with Crippen molar-refractivity contribution in [2.24, 2.45) is 4.99 Å². The molecular weight excluding hydrogens is 306 g/mol. The highest BCUT2D eigenvalue weighted by molar-refractivity contribution is 7.19. The number of unbranched alkanes of at least 4 members (excludes halogenated alkanes) is 1. The van der Waals surface area contributed by atoms with E-state index in [1.807, 2.05) is 6.21 Å². The minimum Gasteiger partial charge on any atom is -0.395 e. The number of anilines is 2. The van der Waals surface area contributed by atoms with Gasteiger partial charge in [-0.25, -0.2) is 4.98 Å². The molecule has 5 N–H and O–H groups in total. The third-order valence-electron chi connectivity index (χ3n) is 4.39. The molecule has 1 saturated heterocycles. The van der Waals surface area contributed by atoms with Gasteiger partial charge in [-0.2, -0.15) is 0 Å². The molecule has 0 atom stereocenters. The molecule has 3 heterocycles. The number of nitrogens with two attached hydrogens (primary N) is 2. The van der Waals surface area contributed by atoms with Crippen LogP contribution in [0.15, 0.2) is 11.1 Å². The summed E-state index contributed by atoms with van der Waals surface area (Å²) >= 11 is 1.80. The maximum absolute atomic E-state index is 6.17. The topological polar surface area (TPSA) is 89.3 Å². The van der Waals surface area contributed by atoms with Crippen LogP contribution >= 0.6 is 11.3 Å². The van der Waals surface area contributed by atoms with Crippen molar-refractivity contribution in [2.75, 3.05) is 31.1 Å². The number of thiophene rings is 1. The third-order valence-corrected chi connectivity index (χ3v) is 5.71. The first-order valence-corrected chi connectivity index (χ1v) is 9.21. The van der Waals surface area contributed by atoms with E-state index in [-0.39, 0.29) is 0 Å². The Hall–Kier alpha value is -1.66. The standard InChI is InChI=1S/C17H25N5S/c1-2-3-6-21-10-12-15(18)17(19)22-13-9-14(23-16(12)13)11-4-7-20-8-5-11/h9-11,20H,2-8,18H2,1H3,(H2,19,22). The van der Waals surface area contributed by atoms with Gasteiger partial charge in [-0.05, 0) is 44.3 Å². The van der Waals surface area contributed by atoms with Crippen molar-refractivity contribution in [3.63, 3.8) is 0 Å². The van der Waals surface area contributed by atoms with E-state index in [1.165, 1.54) is 17.7 Å². The van der Waals surface area contributed by atoms with E-state index in [0.717, 1.165) is 48.3 Å². The lowest BCUT2D eigenvalue weighted by Crippen LogP contribution is -2.26. The first-order chi connectivity index (χ1) is 11.2. The summed E-state index contributed by atoms with van der Waals surface area (Å²) in [5.41, 5.74) is 14.6. The zero-order chi connectivity index (χ0) is 16.2. The zero-order valence-electron chi connectivity index (χ0n) is 13.6. The second kappa shape index (κ2) is 7.27. The Bertz CT molecular complexity index is 701. The quantitative estimate of drug-likeness (QED) is 0.580. The number of nitrogen functional groups attached to an aromatic ring is 2. The van der Waals surface area contributed by atoms with Crippen molar-refractivity contribution >= 4 is 39.3 Å². The van der Waals surface area contributed by atoms with Crippen molar-refractivity contribution in [2.45, 2.75) is 38.5 Å². The van der Waals surface area contributed by atoms with E-state index in [2.05, 4.69) is 28.3 Å². The molecule has 124 valence electrons. The van der Waals surface area contributed by atoms with Gasteiger partial charge in [-0.3, -0.25) is 4.99 Å². The highest BCUT2D eigenvalue weighted by Crippen LogP contribution is 2.38. The molecule has 2 aromatic rings.